The fourth-order valence-corrected chi connectivity index (χ4v) is 1.38. The number of nitrogens with zero attached hydrogens (tertiary/aromatic N) is 1. The van der Waals surface area contributed by atoms with Crippen LogP contribution >= 0.6 is 0 Å². The van der Waals surface area contributed by atoms with E-state index >= 15 is 0 Å². The van der Waals surface area contributed by atoms with E-state index in [1.54, 1.807) is 0 Å². The van der Waals surface area contributed by atoms with Crippen LogP contribution in [0.3, 0.4) is 0 Å². The Morgan fingerprint density at radius 3 is 2.79 bits per heavy atom. The molecule has 0 saturated carbocycles. The van der Waals surface area contributed by atoms with Crippen molar-refractivity contribution in [2.45, 2.75) is 18.4 Å². The van der Waals surface area contributed by atoms with Gasteiger partial charge in [0, 0.05) is 12.6 Å². The van der Waals surface area contributed by atoms with Crippen LogP contribution in [-0.4, -0.2) is 54.7 Å². The zero-order valence-corrected chi connectivity index (χ0v) is 7.87. The van der Waals surface area contributed by atoms with Crippen molar-refractivity contribution in [2.75, 3.05) is 26.8 Å². The molecular formula is C8H13F2NO3. The van der Waals surface area contributed by atoms with E-state index in [0.29, 0.717) is 19.6 Å². The maximum absolute atomic E-state index is 12.8. The van der Waals surface area contributed by atoms with Crippen LogP contribution in [0.1, 0.15) is 6.42 Å². The summed E-state index contributed by atoms with van der Waals surface area (Å²) < 4.78 is 30.6. The molecule has 4 nitrogen and oxygen atoms in total. The topological polar surface area (TPSA) is 49.8 Å². The molecule has 0 radical (unpaired) electrons. The first-order chi connectivity index (χ1) is 6.43. The van der Waals surface area contributed by atoms with Gasteiger partial charge in [0.1, 0.15) is 0 Å². The van der Waals surface area contributed by atoms with Crippen molar-refractivity contribution < 1.29 is 23.4 Å². The Balaban J connectivity index is 2.46. The molecule has 0 aliphatic carbocycles. The molecule has 0 aromatic carbocycles. The van der Waals surface area contributed by atoms with Gasteiger partial charge in [-0.3, -0.25) is 4.90 Å². The molecule has 0 aromatic rings. The van der Waals surface area contributed by atoms with Gasteiger partial charge in [0.15, 0.2) is 0 Å². The Morgan fingerprint density at radius 1 is 1.71 bits per heavy atom. The van der Waals surface area contributed by atoms with Crippen LogP contribution in [0.2, 0.25) is 0 Å². The predicted octanol–water partition coefficient (Wildman–Crippen LogP) is 0.427. The zero-order valence-electron chi connectivity index (χ0n) is 7.87. The van der Waals surface area contributed by atoms with Gasteiger partial charge in [0.25, 0.3) is 0 Å². The molecule has 1 atom stereocenters. The smallest absolute Gasteiger partial charge is 0.375 e. The van der Waals surface area contributed by atoms with Crippen LogP contribution in [-0.2, 0) is 9.53 Å². The van der Waals surface area contributed by atoms with E-state index in [-0.39, 0.29) is 6.04 Å². The molecule has 0 spiro atoms. The highest BCUT2D eigenvalue weighted by Gasteiger charge is 2.41. The number of hydrogen-bond donors (Lipinski definition) is 1. The Hall–Kier alpha value is -0.750. The van der Waals surface area contributed by atoms with Gasteiger partial charge in [-0.25, -0.2) is 4.79 Å². The molecule has 0 aromatic heterocycles. The summed E-state index contributed by atoms with van der Waals surface area (Å²) in [5, 5.41) is 8.23. The van der Waals surface area contributed by atoms with E-state index in [0.717, 1.165) is 0 Å². The lowest BCUT2D eigenvalue weighted by Crippen LogP contribution is -2.45. The normalized spacial score (nSPS) is 23.0. The van der Waals surface area contributed by atoms with Gasteiger partial charge in [-0.2, -0.15) is 8.78 Å². The summed E-state index contributed by atoms with van der Waals surface area (Å²) in [6.45, 7) is 0.177. The highest BCUT2D eigenvalue weighted by atomic mass is 19.3. The quantitative estimate of drug-likeness (QED) is 0.729. The molecule has 1 saturated heterocycles. The van der Waals surface area contributed by atoms with Crippen LogP contribution in [0.25, 0.3) is 0 Å². The molecule has 1 N–H and O–H groups in total. The minimum atomic E-state index is -3.68. The number of carboxylic acids is 1. The number of carbonyl (C=O) groups is 1. The lowest BCUT2D eigenvalue weighted by Gasteiger charge is -2.25. The van der Waals surface area contributed by atoms with Crippen LogP contribution in [0.15, 0.2) is 0 Å². The van der Waals surface area contributed by atoms with Crippen LogP contribution in [0.4, 0.5) is 8.78 Å². The number of likely N-dealkylation sites (N-methyl/N-ethyl adjacent to an activating group) is 1. The monoisotopic (exact) mass is 209 g/mol. The fraction of sp³-hybridized carbons (Fsp3) is 0.875. The third-order valence-corrected chi connectivity index (χ3v) is 2.29. The molecule has 1 aliphatic rings. The second-order valence-corrected chi connectivity index (χ2v) is 3.44. The van der Waals surface area contributed by atoms with Crippen molar-refractivity contribution in [2.24, 2.45) is 0 Å². The molecule has 0 bridgehead atoms. The second kappa shape index (κ2) is 4.18. The maximum atomic E-state index is 12.8. The highest BCUT2D eigenvalue weighted by Crippen LogP contribution is 2.18. The average molecular weight is 209 g/mol. The maximum Gasteiger partial charge on any atom is 0.375 e. The fourth-order valence-electron chi connectivity index (χ4n) is 1.38. The molecule has 14 heavy (non-hydrogen) atoms. The molecule has 0 amide bonds. The molecule has 6 heteroatoms. The molecule has 1 aliphatic heterocycles. The number of halogens is 2. The van der Waals surface area contributed by atoms with Crippen molar-refractivity contribution in [3.63, 3.8) is 0 Å². The van der Waals surface area contributed by atoms with E-state index in [2.05, 4.69) is 0 Å². The third-order valence-electron chi connectivity index (χ3n) is 2.29. The van der Waals surface area contributed by atoms with E-state index in [4.69, 9.17) is 9.84 Å². The summed E-state index contributed by atoms with van der Waals surface area (Å²) in [7, 11) is 1.48. The minimum Gasteiger partial charge on any atom is -0.477 e. The van der Waals surface area contributed by atoms with Crippen LogP contribution in [0.5, 0.6) is 0 Å². The molecular weight excluding hydrogens is 196 g/mol. The van der Waals surface area contributed by atoms with Crippen molar-refractivity contribution in [3.05, 3.63) is 0 Å². The van der Waals surface area contributed by atoms with E-state index < -0.39 is 18.4 Å². The summed E-state index contributed by atoms with van der Waals surface area (Å²) in [6.07, 6.45) is 0.673. The summed E-state index contributed by atoms with van der Waals surface area (Å²) in [5.41, 5.74) is 0. The Bertz CT molecular complexity index is 217. The predicted molar refractivity (Wildman–Crippen MR) is 44.4 cm³/mol. The van der Waals surface area contributed by atoms with Gasteiger partial charge in [0.05, 0.1) is 13.2 Å². The Kier molecular flexibility index (Phi) is 3.38. The molecule has 1 heterocycles. The lowest BCUT2D eigenvalue weighted by atomic mass is 10.2. The first kappa shape index (κ1) is 11.3. The largest absolute Gasteiger partial charge is 0.477 e. The summed E-state index contributed by atoms with van der Waals surface area (Å²) in [6, 6.07) is -0.0970. The van der Waals surface area contributed by atoms with E-state index in [1.165, 1.54) is 11.9 Å². The summed E-state index contributed by atoms with van der Waals surface area (Å²) in [5.74, 6) is -5.76. The van der Waals surface area contributed by atoms with Crippen molar-refractivity contribution in [3.8, 4) is 0 Å². The number of hydrogen-bond acceptors (Lipinski definition) is 3. The van der Waals surface area contributed by atoms with Gasteiger partial charge in [-0.15, -0.1) is 0 Å². The summed E-state index contributed by atoms with van der Waals surface area (Å²) in [4.78, 5) is 11.5. The van der Waals surface area contributed by atoms with Gasteiger partial charge in [-0.05, 0) is 13.5 Å². The Morgan fingerprint density at radius 2 is 2.36 bits per heavy atom. The Labute approximate surface area is 80.4 Å². The average Bonchev–Trinajstić information content (AvgIpc) is 2.54. The van der Waals surface area contributed by atoms with Gasteiger partial charge >= 0.3 is 11.9 Å². The van der Waals surface area contributed by atoms with Crippen LogP contribution in [0, 0.1) is 0 Å². The number of carboxylic acid groups (broad SMARTS) is 1. The number of ether oxygens (including phenoxy) is 1. The standard InChI is InChI=1S/C8H13F2NO3/c1-11(6-2-3-14-4-6)5-8(9,10)7(12)13/h6H,2-5H2,1H3,(H,12,13). The number of aliphatic carboxylic acids is 1. The zero-order chi connectivity index (χ0) is 10.8. The van der Waals surface area contributed by atoms with Crippen LogP contribution < -0.4 is 0 Å². The second-order valence-electron chi connectivity index (χ2n) is 3.44. The van der Waals surface area contributed by atoms with Gasteiger partial charge < -0.3 is 9.84 Å². The van der Waals surface area contributed by atoms with Gasteiger partial charge in [-0.1, -0.05) is 0 Å². The van der Waals surface area contributed by atoms with Crippen molar-refractivity contribution in [1.82, 2.24) is 4.90 Å². The highest BCUT2D eigenvalue weighted by molar-refractivity contribution is 5.75. The molecule has 1 unspecified atom stereocenters. The van der Waals surface area contributed by atoms with E-state index in [1.807, 2.05) is 0 Å². The minimum absolute atomic E-state index is 0.0970. The summed E-state index contributed by atoms with van der Waals surface area (Å²) >= 11 is 0. The first-order valence-electron chi connectivity index (χ1n) is 4.32. The number of rotatable bonds is 4. The van der Waals surface area contributed by atoms with Gasteiger partial charge in [0.2, 0.25) is 0 Å². The molecule has 1 rings (SSSR count). The number of alkyl halides is 2. The lowest BCUT2D eigenvalue weighted by molar-refractivity contribution is -0.167. The molecule has 82 valence electrons. The van der Waals surface area contributed by atoms with E-state index in [9.17, 15) is 13.6 Å². The SMILES string of the molecule is CN(CC(F)(F)C(=O)O)C1CCOC1. The first-order valence-corrected chi connectivity index (χ1v) is 4.32. The van der Waals surface area contributed by atoms with Crippen molar-refractivity contribution in [1.29, 1.82) is 0 Å². The third kappa shape index (κ3) is 2.62. The molecule has 1 fully saturated rings. The van der Waals surface area contributed by atoms with Crippen molar-refractivity contribution >= 4 is 5.97 Å².